The van der Waals surface area contributed by atoms with E-state index in [1.54, 1.807) is 29.6 Å². The van der Waals surface area contributed by atoms with Crippen LogP contribution in [0.25, 0.3) is 22.2 Å². The summed E-state index contributed by atoms with van der Waals surface area (Å²) in [5.41, 5.74) is 0.214. The second kappa shape index (κ2) is 6.73. The Bertz CT molecular complexity index is 1230. The highest BCUT2D eigenvalue weighted by Crippen LogP contribution is 2.26. The van der Waals surface area contributed by atoms with E-state index in [1.165, 1.54) is 12.1 Å². The Hall–Kier alpha value is -3.39. The number of amides is 1. The van der Waals surface area contributed by atoms with Crippen LogP contribution in [-0.4, -0.2) is 10.9 Å². The lowest BCUT2D eigenvalue weighted by molar-refractivity contribution is 0.102. The third-order valence-electron chi connectivity index (χ3n) is 3.83. The molecule has 1 N–H and O–H groups in total. The predicted octanol–water partition coefficient (Wildman–Crippen LogP) is 4.45. The molecule has 1 amide bonds. The zero-order valence-corrected chi connectivity index (χ0v) is 14.3. The quantitative estimate of drug-likeness (QED) is 0.530. The Kier molecular flexibility index (Phi) is 4.25. The van der Waals surface area contributed by atoms with Crippen LogP contribution in [-0.2, 0) is 0 Å². The summed E-state index contributed by atoms with van der Waals surface area (Å²) in [4.78, 5) is 28.6. The van der Waals surface area contributed by atoms with E-state index in [2.05, 4.69) is 10.3 Å². The van der Waals surface area contributed by atoms with Crippen molar-refractivity contribution in [2.75, 3.05) is 5.32 Å². The maximum atomic E-state index is 13.4. The molecule has 0 unspecified atom stereocenters. The van der Waals surface area contributed by atoms with Crippen LogP contribution in [0.2, 0.25) is 0 Å². The van der Waals surface area contributed by atoms with Crippen molar-refractivity contribution >= 4 is 33.3 Å². The van der Waals surface area contributed by atoms with Crippen LogP contribution in [0, 0.1) is 11.6 Å². The third kappa shape index (κ3) is 3.34. The molecule has 0 saturated carbocycles. The molecule has 134 valence electrons. The van der Waals surface area contributed by atoms with E-state index in [9.17, 15) is 18.4 Å². The van der Waals surface area contributed by atoms with Crippen molar-refractivity contribution < 1.29 is 18.0 Å². The molecule has 2 aromatic heterocycles. The van der Waals surface area contributed by atoms with Crippen LogP contribution in [0.4, 0.5) is 13.9 Å². The molecule has 4 aromatic rings. The van der Waals surface area contributed by atoms with Gasteiger partial charge in [-0.05, 0) is 30.3 Å². The summed E-state index contributed by atoms with van der Waals surface area (Å²) < 4.78 is 31.5. The van der Waals surface area contributed by atoms with E-state index in [0.29, 0.717) is 22.2 Å². The van der Waals surface area contributed by atoms with Gasteiger partial charge in [0.15, 0.2) is 16.8 Å². The lowest BCUT2D eigenvalue weighted by Gasteiger charge is -2.02. The van der Waals surface area contributed by atoms with Gasteiger partial charge in [0.05, 0.1) is 5.69 Å². The minimum Gasteiger partial charge on any atom is -0.422 e. The highest BCUT2D eigenvalue weighted by molar-refractivity contribution is 7.14. The molecule has 2 aromatic carbocycles. The number of para-hydroxylation sites is 1. The van der Waals surface area contributed by atoms with Crippen molar-refractivity contribution in [2.45, 2.75) is 0 Å². The maximum absolute atomic E-state index is 13.4. The molecule has 0 aliphatic heterocycles. The minimum absolute atomic E-state index is 0.154. The number of nitrogens with zero attached hydrogens (tertiary/aromatic N) is 1. The Morgan fingerprint density at radius 2 is 1.89 bits per heavy atom. The maximum Gasteiger partial charge on any atom is 0.349 e. The summed E-state index contributed by atoms with van der Waals surface area (Å²) in [5, 5.41) is 4.94. The van der Waals surface area contributed by atoms with E-state index in [1.807, 2.05) is 0 Å². The summed E-state index contributed by atoms with van der Waals surface area (Å²) in [6.45, 7) is 0. The van der Waals surface area contributed by atoms with Crippen LogP contribution >= 0.6 is 11.3 Å². The number of nitrogens with one attached hydrogen (secondary N) is 1. The van der Waals surface area contributed by atoms with Crippen LogP contribution in [0.5, 0.6) is 0 Å². The lowest BCUT2D eigenvalue weighted by atomic mass is 10.1. The van der Waals surface area contributed by atoms with Gasteiger partial charge in [-0.3, -0.25) is 10.1 Å². The number of rotatable bonds is 3. The first-order valence-electron chi connectivity index (χ1n) is 7.76. The first-order valence-corrected chi connectivity index (χ1v) is 8.64. The number of carbonyl (C=O) groups excluding carboxylic acids is 1. The minimum atomic E-state index is -0.986. The van der Waals surface area contributed by atoms with Gasteiger partial charge in [0, 0.05) is 16.3 Å². The van der Waals surface area contributed by atoms with E-state index < -0.39 is 23.2 Å². The largest absolute Gasteiger partial charge is 0.422 e. The molecule has 0 aliphatic carbocycles. The van der Waals surface area contributed by atoms with E-state index in [4.69, 9.17) is 4.42 Å². The van der Waals surface area contributed by atoms with Crippen molar-refractivity contribution in [3.8, 4) is 11.3 Å². The van der Waals surface area contributed by atoms with Gasteiger partial charge in [-0.25, -0.2) is 18.6 Å². The number of carbonyl (C=O) groups is 1. The number of halogens is 2. The van der Waals surface area contributed by atoms with Crippen molar-refractivity contribution in [1.29, 1.82) is 0 Å². The summed E-state index contributed by atoms with van der Waals surface area (Å²) in [6, 6.07) is 11.7. The second-order valence-electron chi connectivity index (χ2n) is 5.61. The molecule has 27 heavy (non-hydrogen) atoms. The molecule has 4 rings (SSSR count). The number of thiazole rings is 1. The molecule has 0 atom stereocenters. The molecule has 0 aliphatic rings. The highest BCUT2D eigenvalue weighted by Gasteiger charge is 2.16. The zero-order chi connectivity index (χ0) is 19.0. The molecule has 8 heteroatoms. The Morgan fingerprint density at radius 3 is 2.70 bits per heavy atom. The topological polar surface area (TPSA) is 72.2 Å². The monoisotopic (exact) mass is 384 g/mol. The Morgan fingerprint density at radius 1 is 1.07 bits per heavy atom. The Balaban J connectivity index is 1.60. The van der Waals surface area contributed by atoms with Gasteiger partial charge in [-0.1, -0.05) is 18.2 Å². The highest BCUT2D eigenvalue weighted by atomic mass is 32.1. The predicted molar refractivity (Wildman–Crippen MR) is 97.9 cm³/mol. The zero-order valence-electron chi connectivity index (χ0n) is 13.5. The van der Waals surface area contributed by atoms with Crippen molar-refractivity contribution in [2.24, 2.45) is 0 Å². The fourth-order valence-electron chi connectivity index (χ4n) is 2.50. The molecule has 0 bridgehead atoms. The molecule has 0 spiro atoms. The molecule has 0 fully saturated rings. The van der Waals surface area contributed by atoms with Crippen molar-refractivity contribution in [1.82, 2.24) is 4.98 Å². The second-order valence-corrected chi connectivity index (χ2v) is 6.46. The lowest BCUT2D eigenvalue weighted by Crippen LogP contribution is -2.20. The van der Waals surface area contributed by atoms with Gasteiger partial charge < -0.3 is 4.42 Å². The first kappa shape index (κ1) is 17.0. The summed E-state index contributed by atoms with van der Waals surface area (Å²) in [5.74, 6) is -2.61. The standard InChI is InChI=1S/C19H10F2N2O3S/c20-13-6-5-10(8-14(13)21)15-9-27-19(22-15)23-17(24)12-7-11-3-1-2-4-16(11)26-18(12)25/h1-9H,(H,22,23,24). The molecular formula is C19H10F2N2O3S. The fraction of sp³-hybridized carbons (Fsp3) is 0. The number of anilines is 1. The third-order valence-corrected chi connectivity index (χ3v) is 4.58. The van der Waals surface area contributed by atoms with E-state index in [-0.39, 0.29) is 10.7 Å². The SMILES string of the molecule is O=C(Nc1nc(-c2ccc(F)c(F)c2)cs1)c1cc2ccccc2oc1=O. The number of fused-ring (bicyclic) bond motifs is 1. The molecule has 0 saturated heterocycles. The number of hydrogen-bond donors (Lipinski definition) is 1. The number of aromatic nitrogens is 1. The van der Waals surface area contributed by atoms with Gasteiger partial charge in [0.1, 0.15) is 11.1 Å². The van der Waals surface area contributed by atoms with E-state index >= 15 is 0 Å². The molecule has 5 nitrogen and oxygen atoms in total. The fourth-order valence-corrected chi connectivity index (χ4v) is 3.22. The smallest absolute Gasteiger partial charge is 0.349 e. The van der Waals surface area contributed by atoms with Gasteiger partial charge in [-0.2, -0.15) is 0 Å². The van der Waals surface area contributed by atoms with Gasteiger partial charge in [-0.15, -0.1) is 11.3 Å². The number of benzene rings is 2. The van der Waals surface area contributed by atoms with Crippen LogP contribution < -0.4 is 10.9 Å². The van der Waals surface area contributed by atoms with Crippen LogP contribution in [0.1, 0.15) is 10.4 Å². The average molecular weight is 384 g/mol. The number of hydrogen-bond acceptors (Lipinski definition) is 5. The Labute approximate surface area is 154 Å². The molecular weight excluding hydrogens is 374 g/mol. The normalized spacial score (nSPS) is 10.9. The van der Waals surface area contributed by atoms with Crippen molar-refractivity contribution in [3.05, 3.63) is 81.5 Å². The van der Waals surface area contributed by atoms with Gasteiger partial charge in [0.2, 0.25) is 0 Å². The van der Waals surface area contributed by atoms with Gasteiger partial charge in [0.25, 0.3) is 5.91 Å². The first-order chi connectivity index (χ1) is 13.0. The summed E-state index contributed by atoms with van der Waals surface area (Å²) >= 11 is 1.10. The molecule has 0 radical (unpaired) electrons. The van der Waals surface area contributed by atoms with Gasteiger partial charge >= 0.3 is 5.63 Å². The van der Waals surface area contributed by atoms with Crippen LogP contribution in [0.3, 0.4) is 0 Å². The summed E-state index contributed by atoms with van der Waals surface area (Å²) in [7, 11) is 0. The van der Waals surface area contributed by atoms with Crippen molar-refractivity contribution in [3.63, 3.8) is 0 Å². The average Bonchev–Trinajstić information content (AvgIpc) is 3.11. The summed E-state index contributed by atoms with van der Waals surface area (Å²) in [6.07, 6.45) is 0. The molecule has 2 heterocycles. The van der Waals surface area contributed by atoms with Crippen LogP contribution in [0.15, 0.2) is 63.1 Å². The van der Waals surface area contributed by atoms with E-state index in [0.717, 1.165) is 23.5 Å².